The van der Waals surface area contributed by atoms with Gasteiger partial charge in [-0.25, -0.2) is 0 Å². The first kappa shape index (κ1) is 15.9. The molecule has 0 amide bonds. The van der Waals surface area contributed by atoms with Gasteiger partial charge in [-0.05, 0) is 38.9 Å². The number of allylic oxidation sites excluding steroid dienone is 2. The summed E-state index contributed by atoms with van der Waals surface area (Å²) in [4.78, 5) is 10.3. The van der Waals surface area contributed by atoms with Crippen molar-refractivity contribution in [1.29, 1.82) is 0 Å². The molecule has 0 bridgehead atoms. The van der Waals surface area contributed by atoms with Gasteiger partial charge < -0.3 is 5.11 Å². The Kier molecular flexibility index (Phi) is 8.02. The van der Waals surface area contributed by atoms with Crippen molar-refractivity contribution in [3.63, 3.8) is 0 Å². The van der Waals surface area contributed by atoms with Crippen molar-refractivity contribution in [2.45, 2.75) is 44.8 Å². The van der Waals surface area contributed by atoms with Crippen LogP contribution in [0.2, 0.25) is 0 Å². The lowest BCUT2D eigenvalue weighted by Gasteiger charge is -2.22. The third-order valence-electron chi connectivity index (χ3n) is 2.25. The van der Waals surface area contributed by atoms with Crippen LogP contribution >= 0.6 is 24.4 Å². The molecule has 2 nitrogen and oxygen atoms in total. The van der Waals surface area contributed by atoms with E-state index in [0.717, 1.165) is 25.0 Å². The van der Waals surface area contributed by atoms with E-state index in [2.05, 4.69) is 39.5 Å². The van der Waals surface area contributed by atoms with Gasteiger partial charge in [0.2, 0.25) is 0 Å². The number of thiol groups is 1. The quantitative estimate of drug-likeness (QED) is 0.398. The Bertz CT molecular complexity index is 243. The van der Waals surface area contributed by atoms with Gasteiger partial charge in [-0.3, -0.25) is 4.79 Å². The summed E-state index contributed by atoms with van der Waals surface area (Å²) in [5.74, 6) is 0.314. The number of rotatable bonds is 8. The van der Waals surface area contributed by atoms with Crippen molar-refractivity contribution in [3.8, 4) is 0 Å². The first-order valence-corrected chi connectivity index (χ1v) is 7.09. The first-order chi connectivity index (χ1) is 7.33. The van der Waals surface area contributed by atoms with Crippen LogP contribution in [0.3, 0.4) is 0 Å². The van der Waals surface area contributed by atoms with Gasteiger partial charge in [0.25, 0.3) is 0 Å². The molecule has 0 aliphatic heterocycles. The molecule has 0 rings (SSSR count). The molecule has 16 heavy (non-hydrogen) atoms. The zero-order valence-corrected chi connectivity index (χ0v) is 12.0. The number of carboxylic acids is 1. The van der Waals surface area contributed by atoms with Crippen LogP contribution in [0.25, 0.3) is 0 Å². The topological polar surface area (TPSA) is 37.3 Å². The van der Waals surface area contributed by atoms with Crippen LogP contribution in [0.15, 0.2) is 11.6 Å². The minimum absolute atomic E-state index is 0.0114. The minimum Gasteiger partial charge on any atom is -0.481 e. The lowest BCUT2D eigenvalue weighted by atomic mass is 10.0. The predicted molar refractivity (Wildman–Crippen MR) is 75.6 cm³/mol. The number of hydrogen-bond acceptors (Lipinski definition) is 3. The van der Waals surface area contributed by atoms with Crippen molar-refractivity contribution in [1.82, 2.24) is 0 Å². The average Bonchev–Trinajstić information content (AvgIpc) is 2.11. The lowest BCUT2D eigenvalue weighted by molar-refractivity contribution is -0.133. The van der Waals surface area contributed by atoms with E-state index in [-0.39, 0.29) is 10.5 Å². The van der Waals surface area contributed by atoms with E-state index < -0.39 is 5.97 Å². The molecule has 0 fully saturated rings. The summed E-state index contributed by atoms with van der Waals surface area (Å²) >= 11 is 6.09. The standard InChI is InChI=1S/C12H22O2S2/c1-10(2)5-4-6-12(3,15)7-8-16-9-11(13)14/h5,15H,4,6-9H2,1-3H3,(H,13,14). The zero-order chi connectivity index (χ0) is 12.6. The maximum Gasteiger partial charge on any atom is 0.313 e. The average molecular weight is 262 g/mol. The Hall–Kier alpha value is -0.0900. The summed E-state index contributed by atoms with van der Waals surface area (Å²) in [5, 5.41) is 8.50. The van der Waals surface area contributed by atoms with E-state index in [9.17, 15) is 4.79 Å². The Morgan fingerprint density at radius 3 is 2.56 bits per heavy atom. The third kappa shape index (κ3) is 10.4. The zero-order valence-electron chi connectivity index (χ0n) is 10.3. The summed E-state index contributed by atoms with van der Waals surface area (Å²) in [6.45, 7) is 6.31. The van der Waals surface area contributed by atoms with E-state index in [1.807, 2.05) is 0 Å². The van der Waals surface area contributed by atoms with E-state index in [1.165, 1.54) is 17.3 Å². The highest BCUT2D eigenvalue weighted by Gasteiger charge is 2.17. The molecule has 0 heterocycles. The van der Waals surface area contributed by atoms with E-state index >= 15 is 0 Å². The van der Waals surface area contributed by atoms with E-state index in [1.54, 1.807) is 0 Å². The van der Waals surface area contributed by atoms with Gasteiger partial charge in [-0.2, -0.15) is 24.4 Å². The molecule has 0 saturated carbocycles. The van der Waals surface area contributed by atoms with Crippen molar-refractivity contribution in [2.24, 2.45) is 0 Å². The number of thioether (sulfide) groups is 1. The number of carboxylic acid groups (broad SMARTS) is 1. The van der Waals surface area contributed by atoms with Crippen LogP contribution < -0.4 is 0 Å². The molecule has 1 atom stereocenters. The highest BCUT2D eigenvalue weighted by Crippen LogP contribution is 2.26. The van der Waals surface area contributed by atoms with Gasteiger partial charge in [0.15, 0.2) is 0 Å². The Balaban J connectivity index is 3.69. The summed E-state index contributed by atoms with van der Waals surface area (Å²) in [6.07, 6.45) is 5.25. The maximum atomic E-state index is 10.3. The first-order valence-electron chi connectivity index (χ1n) is 5.49. The smallest absolute Gasteiger partial charge is 0.313 e. The third-order valence-corrected chi connectivity index (χ3v) is 3.64. The molecule has 1 unspecified atom stereocenters. The normalized spacial score (nSPS) is 14.2. The van der Waals surface area contributed by atoms with Crippen LogP contribution in [-0.2, 0) is 4.79 Å². The second-order valence-electron chi connectivity index (χ2n) is 4.51. The number of carbonyl (C=O) groups is 1. The largest absolute Gasteiger partial charge is 0.481 e. The lowest BCUT2D eigenvalue weighted by Crippen LogP contribution is -2.17. The molecule has 4 heteroatoms. The van der Waals surface area contributed by atoms with Gasteiger partial charge >= 0.3 is 5.97 Å². The molecular formula is C12H22O2S2. The second-order valence-corrected chi connectivity index (χ2v) is 6.70. The van der Waals surface area contributed by atoms with Crippen LogP contribution in [-0.4, -0.2) is 27.3 Å². The molecule has 0 aliphatic carbocycles. The fourth-order valence-corrected chi connectivity index (χ4v) is 2.55. The van der Waals surface area contributed by atoms with Gasteiger partial charge in [0.1, 0.15) is 0 Å². The molecule has 0 aromatic rings. The highest BCUT2D eigenvalue weighted by molar-refractivity contribution is 7.99. The molecule has 0 radical (unpaired) electrons. The monoisotopic (exact) mass is 262 g/mol. The fraction of sp³-hybridized carbons (Fsp3) is 0.750. The van der Waals surface area contributed by atoms with Gasteiger partial charge in [-0.15, -0.1) is 0 Å². The van der Waals surface area contributed by atoms with Crippen LogP contribution in [0.5, 0.6) is 0 Å². The van der Waals surface area contributed by atoms with Crippen molar-refractivity contribution in [3.05, 3.63) is 11.6 Å². The predicted octanol–water partition coefficient (Wildman–Crippen LogP) is 3.63. The van der Waals surface area contributed by atoms with Gasteiger partial charge in [-0.1, -0.05) is 18.6 Å². The number of aliphatic carboxylic acids is 1. The molecule has 1 N–H and O–H groups in total. The Morgan fingerprint density at radius 1 is 1.44 bits per heavy atom. The summed E-state index contributed by atoms with van der Waals surface area (Å²) < 4.78 is 0.0114. The number of hydrogen-bond donors (Lipinski definition) is 2. The molecule has 0 aromatic heterocycles. The molecule has 0 aliphatic rings. The molecule has 94 valence electrons. The molecular weight excluding hydrogens is 240 g/mol. The van der Waals surface area contributed by atoms with E-state index in [0.29, 0.717) is 0 Å². The molecule has 0 saturated heterocycles. The van der Waals surface area contributed by atoms with Crippen LogP contribution in [0.4, 0.5) is 0 Å². The Morgan fingerprint density at radius 2 is 2.06 bits per heavy atom. The SMILES string of the molecule is CC(C)=CCCC(C)(S)CCSCC(=O)O. The van der Waals surface area contributed by atoms with Crippen molar-refractivity contribution < 1.29 is 9.90 Å². The van der Waals surface area contributed by atoms with Crippen LogP contribution in [0, 0.1) is 0 Å². The minimum atomic E-state index is -0.740. The fourth-order valence-electron chi connectivity index (χ4n) is 1.25. The molecule has 0 aromatic carbocycles. The van der Waals surface area contributed by atoms with Crippen molar-refractivity contribution in [2.75, 3.05) is 11.5 Å². The van der Waals surface area contributed by atoms with Gasteiger partial charge in [0.05, 0.1) is 5.75 Å². The highest BCUT2D eigenvalue weighted by atomic mass is 32.2. The second kappa shape index (κ2) is 8.07. The Labute approximate surface area is 108 Å². The summed E-state index contributed by atoms with van der Waals surface area (Å²) in [7, 11) is 0. The van der Waals surface area contributed by atoms with E-state index in [4.69, 9.17) is 5.11 Å². The van der Waals surface area contributed by atoms with Gasteiger partial charge in [0, 0.05) is 4.75 Å². The summed E-state index contributed by atoms with van der Waals surface area (Å²) in [5.41, 5.74) is 1.34. The van der Waals surface area contributed by atoms with Crippen molar-refractivity contribution >= 4 is 30.4 Å². The summed E-state index contributed by atoms with van der Waals surface area (Å²) in [6, 6.07) is 0. The molecule has 0 spiro atoms. The van der Waals surface area contributed by atoms with Crippen LogP contribution in [0.1, 0.15) is 40.0 Å². The maximum absolute atomic E-state index is 10.3.